The van der Waals surface area contributed by atoms with Crippen LogP contribution in [0.5, 0.6) is 0 Å². The molecule has 0 N–H and O–H groups in total. The van der Waals surface area contributed by atoms with Crippen LogP contribution in [0, 0.1) is 41.5 Å². The van der Waals surface area contributed by atoms with Gasteiger partial charge in [0.05, 0.1) is 53.4 Å². The van der Waals surface area contributed by atoms with Gasteiger partial charge >= 0.3 is 0 Å². The number of carbonyl (C=O) groups is 6. The second-order valence-corrected chi connectivity index (χ2v) is 15.3. The number of rotatable bonds is 6. The van der Waals surface area contributed by atoms with Gasteiger partial charge in [0.15, 0.2) is 4.30 Å². The summed E-state index contributed by atoms with van der Waals surface area (Å²) in [6, 6.07) is 16.0. The van der Waals surface area contributed by atoms with E-state index in [1.807, 2.05) is 59.7 Å². The number of nitrogens with zero attached hydrogens (tertiary/aromatic N) is 3. The average molecular weight is 759 g/mol. The summed E-state index contributed by atoms with van der Waals surface area (Å²) in [5.41, 5.74) is 9.88. The maximum absolute atomic E-state index is 13.4. The average Bonchev–Trinajstić information content (AvgIpc) is 3.57. The summed E-state index contributed by atoms with van der Waals surface area (Å²) in [5, 5.41) is 0. The third kappa shape index (κ3) is 6.31. The van der Waals surface area contributed by atoms with Gasteiger partial charge < -0.3 is 14.7 Å². The van der Waals surface area contributed by atoms with Gasteiger partial charge in [-0.05, 0) is 111 Å². The lowest BCUT2D eigenvalue weighted by Crippen LogP contribution is -2.33. The van der Waals surface area contributed by atoms with E-state index in [9.17, 15) is 28.8 Å². The second-order valence-electron chi connectivity index (χ2n) is 13.3. The molecule has 0 fully saturated rings. The highest BCUT2D eigenvalue weighted by Crippen LogP contribution is 2.39. The molecular formula is C40H34Cl3N3O6. The molecule has 0 spiro atoms. The fraction of sp³-hybridized carbons (Fsp3) is 0.250. The van der Waals surface area contributed by atoms with E-state index < -0.39 is 39.4 Å². The van der Waals surface area contributed by atoms with Crippen molar-refractivity contribution in [2.24, 2.45) is 0 Å². The highest BCUT2D eigenvalue weighted by molar-refractivity contribution is 6.63. The third-order valence-corrected chi connectivity index (χ3v) is 10.0. The molecule has 0 atom stereocenters. The zero-order valence-electron chi connectivity index (χ0n) is 29.3. The maximum Gasteiger partial charge on any atom is 0.299 e. The number of carbonyl (C=O) groups excluding carboxylic acids is 6. The predicted molar refractivity (Wildman–Crippen MR) is 202 cm³/mol. The van der Waals surface area contributed by atoms with Gasteiger partial charge in [-0.15, -0.1) is 0 Å². The van der Waals surface area contributed by atoms with Crippen molar-refractivity contribution in [1.29, 1.82) is 0 Å². The first-order valence-electron chi connectivity index (χ1n) is 16.4. The molecule has 9 nitrogen and oxygen atoms in total. The molecule has 0 radical (unpaired) electrons. The highest BCUT2D eigenvalue weighted by Gasteiger charge is 2.40. The van der Waals surface area contributed by atoms with Crippen LogP contribution < -0.4 is 14.7 Å². The molecule has 0 saturated heterocycles. The molecule has 0 saturated carbocycles. The Kier molecular flexibility index (Phi) is 9.91. The van der Waals surface area contributed by atoms with Gasteiger partial charge in [-0.2, -0.15) is 0 Å². The van der Waals surface area contributed by atoms with Crippen LogP contribution in [-0.2, 0) is 34.0 Å². The van der Waals surface area contributed by atoms with Crippen LogP contribution in [0.25, 0.3) is 0 Å². The molecule has 0 bridgehead atoms. The Hall–Kier alpha value is -4.83. The van der Waals surface area contributed by atoms with E-state index >= 15 is 0 Å². The van der Waals surface area contributed by atoms with Gasteiger partial charge in [0.2, 0.25) is 0 Å². The smallest absolute Gasteiger partial charge is 0.299 e. The molecule has 12 heteroatoms. The van der Waals surface area contributed by atoms with Crippen molar-refractivity contribution >= 4 is 86.9 Å². The molecule has 3 aliphatic heterocycles. The number of hydrogen-bond acceptors (Lipinski definition) is 6. The minimum atomic E-state index is -0.750. The van der Waals surface area contributed by atoms with Crippen molar-refractivity contribution in [3.8, 4) is 0 Å². The van der Waals surface area contributed by atoms with Crippen LogP contribution in [0.3, 0.4) is 0 Å². The number of anilines is 3. The zero-order chi connectivity index (χ0) is 37.9. The lowest BCUT2D eigenvalue weighted by atomic mass is 9.87. The number of amides is 3. The van der Waals surface area contributed by atoms with Gasteiger partial charge in [-0.3, -0.25) is 28.8 Å². The molecule has 4 aromatic rings. The van der Waals surface area contributed by atoms with Crippen molar-refractivity contribution in [3.63, 3.8) is 0 Å². The minimum Gasteiger partial charge on any atom is -0.300 e. The van der Waals surface area contributed by atoms with Gasteiger partial charge in [-0.1, -0.05) is 69.7 Å². The molecule has 3 aliphatic rings. The summed E-state index contributed by atoms with van der Waals surface area (Å²) in [6.45, 7) is 11.5. The van der Waals surface area contributed by atoms with E-state index in [0.717, 1.165) is 50.1 Å². The van der Waals surface area contributed by atoms with Crippen molar-refractivity contribution < 1.29 is 28.8 Å². The number of fused-ring (bicyclic) bond motifs is 3. The van der Waals surface area contributed by atoms with Crippen LogP contribution in [-0.4, -0.2) is 39.4 Å². The highest BCUT2D eigenvalue weighted by atomic mass is 35.6. The van der Waals surface area contributed by atoms with Crippen molar-refractivity contribution in [2.75, 3.05) is 14.7 Å². The molecule has 7 rings (SSSR count). The largest absolute Gasteiger partial charge is 0.300 e. The van der Waals surface area contributed by atoms with Crippen LogP contribution in [0.4, 0.5) is 17.1 Å². The number of Topliss-reactive ketones (excluding diaryl/α,β-unsaturated/α-hetero) is 3. The first kappa shape index (κ1) is 36.9. The lowest BCUT2D eigenvalue weighted by molar-refractivity contribution is -0.115. The minimum absolute atomic E-state index is 0.0733. The second kappa shape index (κ2) is 14.0. The van der Waals surface area contributed by atoms with E-state index in [-0.39, 0.29) is 19.6 Å². The molecule has 3 amide bonds. The van der Waals surface area contributed by atoms with Crippen LogP contribution in [0.1, 0.15) is 81.1 Å². The van der Waals surface area contributed by atoms with Crippen LogP contribution in [0.2, 0.25) is 0 Å². The van der Waals surface area contributed by atoms with Crippen molar-refractivity contribution in [1.82, 2.24) is 0 Å². The van der Waals surface area contributed by atoms with E-state index in [4.69, 9.17) is 34.8 Å². The standard InChI is InChI=1S/C39H33N3O6.CHCl3/c1-19-7-10-31-25(13-19)34(43)37(46)40(31)16-28-22(4)29(17-41-32-11-8-20(2)14-26(32)35(44)38(41)47)24(6)30(23(28)5)18-42-33-12-9-21(3)15-27(33)36(45)39(42)48;2-1(3)4/h7-15H,16-18H2,1-6H3;1H. The first-order valence-corrected chi connectivity index (χ1v) is 17.8. The van der Waals surface area contributed by atoms with Gasteiger partial charge in [0, 0.05) is 0 Å². The van der Waals surface area contributed by atoms with Crippen LogP contribution in [0.15, 0.2) is 54.6 Å². The Bertz CT molecular complexity index is 2010. The maximum atomic E-state index is 13.4. The number of aryl methyl sites for hydroxylation is 3. The predicted octanol–water partition coefficient (Wildman–Crippen LogP) is 7.71. The third-order valence-electron chi connectivity index (χ3n) is 10.0. The van der Waals surface area contributed by atoms with Gasteiger partial charge in [0.1, 0.15) is 0 Å². The number of alkyl halides is 3. The Morgan fingerprint density at radius 3 is 0.904 bits per heavy atom. The fourth-order valence-corrected chi connectivity index (χ4v) is 7.29. The molecule has 0 unspecified atom stereocenters. The first-order chi connectivity index (χ1) is 24.5. The Morgan fingerprint density at radius 2 is 0.673 bits per heavy atom. The van der Waals surface area contributed by atoms with Gasteiger partial charge in [0.25, 0.3) is 35.1 Å². The summed E-state index contributed by atoms with van der Waals surface area (Å²) in [7, 11) is 0. The SMILES string of the molecule is Cc1ccc2c(c1)C(=O)C(=O)N2Cc1c(C)c(CN2C(=O)C(=O)c3cc(C)ccc32)c(C)c(CN2C(=O)C(=O)c3cc(C)ccc32)c1C.ClC(Cl)Cl. The Balaban J connectivity index is 0.00000110. The summed E-state index contributed by atoms with van der Waals surface area (Å²) in [5.74, 6) is -3.61. The number of halogens is 3. The topological polar surface area (TPSA) is 112 Å². The molecule has 52 heavy (non-hydrogen) atoms. The normalized spacial score (nSPS) is 14.8. The summed E-state index contributed by atoms with van der Waals surface area (Å²) in [6.07, 6.45) is 0. The molecule has 4 aromatic carbocycles. The van der Waals surface area contributed by atoms with Crippen LogP contribution >= 0.6 is 34.8 Å². The number of ketones is 3. The van der Waals surface area contributed by atoms with E-state index in [2.05, 4.69) is 0 Å². The van der Waals surface area contributed by atoms with E-state index in [1.165, 1.54) is 14.7 Å². The quantitative estimate of drug-likeness (QED) is 0.147. The molecule has 0 aliphatic carbocycles. The number of benzene rings is 4. The van der Waals surface area contributed by atoms with E-state index in [1.54, 1.807) is 36.4 Å². The summed E-state index contributed by atoms with van der Waals surface area (Å²) < 4.78 is -0.750. The van der Waals surface area contributed by atoms with Crippen molar-refractivity contribution in [3.05, 3.63) is 121 Å². The Labute approximate surface area is 316 Å². The monoisotopic (exact) mass is 757 g/mol. The zero-order valence-corrected chi connectivity index (χ0v) is 31.6. The fourth-order valence-electron chi connectivity index (χ4n) is 7.29. The van der Waals surface area contributed by atoms with Crippen molar-refractivity contribution in [2.45, 2.75) is 65.5 Å². The Morgan fingerprint density at radius 1 is 0.442 bits per heavy atom. The lowest BCUT2D eigenvalue weighted by Gasteiger charge is -2.29. The number of hydrogen-bond donors (Lipinski definition) is 0. The molecular weight excluding hydrogens is 725 g/mol. The summed E-state index contributed by atoms with van der Waals surface area (Å²) in [4.78, 5) is 83.7. The summed E-state index contributed by atoms with van der Waals surface area (Å²) >= 11 is 14.4. The molecule has 3 heterocycles. The molecule has 0 aromatic heterocycles. The van der Waals surface area contributed by atoms with Gasteiger partial charge in [-0.25, -0.2) is 0 Å². The van der Waals surface area contributed by atoms with E-state index in [0.29, 0.717) is 33.8 Å². The molecule has 266 valence electrons.